The molecule has 152 valence electrons. The summed E-state index contributed by atoms with van der Waals surface area (Å²) in [5.41, 5.74) is 1.07. The molecule has 1 aromatic carbocycles. The lowest BCUT2D eigenvalue weighted by atomic mass is 9.64. The number of hydrogen-bond acceptors (Lipinski definition) is 1. The lowest BCUT2D eigenvalue weighted by Crippen LogP contribution is -2.64. The van der Waals surface area contributed by atoms with Gasteiger partial charge in [-0.05, 0) is 23.0 Å². The number of thioether (sulfide) groups is 1. The Morgan fingerprint density at radius 2 is 1.39 bits per heavy atom. The smallest absolute Gasteiger partial charge is 0.203 e. The number of hydrogen-bond donors (Lipinski definition) is 0. The van der Waals surface area contributed by atoms with Gasteiger partial charge in [0.1, 0.15) is 0 Å². The number of rotatable bonds is 4. The Bertz CT molecular complexity index is 831. The average molecular weight is 426 g/mol. The van der Waals surface area contributed by atoms with Crippen molar-refractivity contribution < 1.29 is 35.1 Å². The minimum Gasteiger partial charge on any atom is -0.203 e. The third kappa shape index (κ3) is 2.44. The Labute approximate surface area is 159 Å². The second kappa shape index (κ2) is 6.24. The maximum Gasteiger partial charge on any atom is 0.379 e. The highest BCUT2D eigenvalue weighted by atomic mass is 32.2. The van der Waals surface area contributed by atoms with Crippen LogP contribution in [0.3, 0.4) is 0 Å². The van der Waals surface area contributed by atoms with Crippen molar-refractivity contribution in [2.75, 3.05) is 0 Å². The van der Waals surface area contributed by atoms with Crippen LogP contribution in [0.25, 0.3) is 0 Å². The summed E-state index contributed by atoms with van der Waals surface area (Å²) in [6.07, 6.45) is 1.79. The molecule has 3 unspecified atom stereocenters. The van der Waals surface area contributed by atoms with Crippen molar-refractivity contribution in [2.45, 2.75) is 40.6 Å². The van der Waals surface area contributed by atoms with E-state index in [-0.39, 0.29) is 5.92 Å². The monoisotopic (exact) mass is 426 g/mol. The van der Waals surface area contributed by atoms with Crippen molar-refractivity contribution in [1.82, 2.24) is 0 Å². The highest BCUT2D eigenvalue weighted by molar-refractivity contribution is 8.00. The molecule has 5 atom stereocenters. The molecular formula is C19H14F8S. The quantitative estimate of drug-likeness (QED) is 0.498. The van der Waals surface area contributed by atoms with Gasteiger partial charge in [0.2, 0.25) is 0 Å². The zero-order valence-corrected chi connectivity index (χ0v) is 14.8. The molecule has 0 nitrogen and oxygen atoms in total. The predicted octanol–water partition coefficient (Wildman–Crippen LogP) is 6.47. The number of halogens is 8. The standard InChI is InChI=1S/C19H14F8S/c20-16(21)18(24,25)19(26,27)17(22,23)15-13-9-5-1-3-7-11(9)14(28-15)12-8-4-2-6-10(12)13/h1-9,11,13-16H/t9?,11?,13-,14+,15?/m0/s1. The number of benzene rings is 1. The van der Waals surface area contributed by atoms with E-state index >= 15 is 0 Å². The molecule has 0 amide bonds. The summed E-state index contributed by atoms with van der Waals surface area (Å²) in [7, 11) is 0. The molecule has 0 aromatic heterocycles. The van der Waals surface area contributed by atoms with Gasteiger partial charge in [-0.15, -0.1) is 11.8 Å². The van der Waals surface area contributed by atoms with E-state index in [1.807, 2.05) is 0 Å². The van der Waals surface area contributed by atoms with Crippen molar-refractivity contribution in [3.63, 3.8) is 0 Å². The predicted molar refractivity (Wildman–Crippen MR) is 89.4 cm³/mol. The molecule has 1 saturated heterocycles. The summed E-state index contributed by atoms with van der Waals surface area (Å²) in [6, 6.07) is 6.46. The molecule has 0 saturated carbocycles. The van der Waals surface area contributed by atoms with Crippen molar-refractivity contribution in [1.29, 1.82) is 0 Å². The minimum atomic E-state index is -6.19. The highest BCUT2D eigenvalue weighted by Crippen LogP contribution is 2.67. The molecular weight excluding hydrogens is 412 g/mol. The van der Waals surface area contributed by atoms with Crippen molar-refractivity contribution >= 4 is 11.8 Å². The summed E-state index contributed by atoms with van der Waals surface area (Å²) < 4.78 is 110. The third-order valence-electron chi connectivity index (χ3n) is 5.74. The number of alkyl halides is 8. The first-order valence-corrected chi connectivity index (χ1v) is 9.47. The van der Waals surface area contributed by atoms with Crippen LogP contribution >= 0.6 is 11.8 Å². The lowest BCUT2D eigenvalue weighted by molar-refractivity contribution is -0.339. The van der Waals surface area contributed by atoms with Crippen molar-refractivity contribution in [3.8, 4) is 0 Å². The van der Waals surface area contributed by atoms with Crippen LogP contribution in [-0.2, 0) is 0 Å². The van der Waals surface area contributed by atoms with Crippen LogP contribution in [0.2, 0.25) is 0 Å². The molecule has 9 heteroatoms. The molecule has 2 heterocycles. The van der Waals surface area contributed by atoms with Gasteiger partial charge in [0, 0.05) is 11.2 Å². The molecule has 4 aliphatic rings. The van der Waals surface area contributed by atoms with Gasteiger partial charge in [-0.25, -0.2) is 8.78 Å². The van der Waals surface area contributed by atoms with Gasteiger partial charge in [0.25, 0.3) is 0 Å². The highest BCUT2D eigenvalue weighted by Gasteiger charge is 2.79. The maximum absolute atomic E-state index is 14.8. The van der Waals surface area contributed by atoms with E-state index in [9.17, 15) is 35.1 Å². The first-order valence-electron chi connectivity index (χ1n) is 8.52. The van der Waals surface area contributed by atoms with Crippen LogP contribution in [0, 0.1) is 11.8 Å². The van der Waals surface area contributed by atoms with Crippen molar-refractivity contribution in [2.24, 2.45) is 11.8 Å². The molecule has 1 aromatic rings. The zero-order valence-electron chi connectivity index (χ0n) is 14.0. The topological polar surface area (TPSA) is 0 Å². The fraction of sp³-hybridized carbons (Fsp3) is 0.474. The molecule has 28 heavy (non-hydrogen) atoms. The fourth-order valence-electron chi connectivity index (χ4n) is 4.41. The van der Waals surface area contributed by atoms with Gasteiger partial charge >= 0.3 is 24.2 Å². The Morgan fingerprint density at radius 3 is 2.00 bits per heavy atom. The van der Waals surface area contributed by atoms with Crippen LogP contribution in [0.1, 0.15) is 22.3 Å². The molecule has 5 rings (SSSR count). The normalized spacial score (nSPS) is 31.8. The Morgan fingerprint density at radius 1 is 0.821 bits per heavy atom. The molecule has 2 bridgehead atoms. The van der Waals surface area contributed by atoms with Gasteiger partial charge in [0.05, 0.1) is 5.25 Å². The molecule has 0 N–H and O–H groups in total. The van der Waals surface area contributed by atoms with E-state index in [4.69, 9.17) is 0 Å². The van der Waals surface area contributed by atoms with E-state index in [2.05, 4.69) is 0 Å². The van der Waals surface area contributed by atoms with E-state index in [0.29, 0.717) is 22.9 Å². The van der Waals surface area contributed by atoms with Crippen LogP contribution in [0.15, 0.2) is 48.6 Å². The summed E-state index contributed by atoms with van der Waals surface area (Å²) in [6.45, 7) is 0. The van der Waals surface area contributed by atoms with Crippen LogP contribution in [-0.4, -0.2) is 29.4 Å². The molecule has 2 aliphatic carbocycles. The summed E-state index contributed by atoms with van der Waals surface area (Å²) in [4.78, 5) is 0. The molecule has 0 spiro atoms. The van der Waals surface area contributed by atoms with E-state index < -0.39 is 46.5 Å². The Kier molecular flexibility index (Phi) is 4.41. The second-order valence-electron chi connectivity index (χ2n) is 7.18. The van der Waals surface area contributed by atoms with E-state index in [0.717, 1.165) is 0 Å². The van der Waals surface area contributed by atoms with E-state index in [1.54, 1.807) is 42.5 Å². The summed E-state index contributed by atoms with van der Waals surface area (Å²) in [5.74, 6) is -19.7. The van der Waals surface area contributed by atoms with Gasteiger partial charge in [-0.1, -0.05) is 48.6 Å². The summed E-state index contributed by atoms with van der Waals surface area (Å²) >= 11 is 0.478. The largest absolute Gasteiger partial charge is 0.379 e. The molecule has 2 aliphatic heterocycles. The Balaban J connectivity index is 1.82. The third-order valence-corrected chi connectivity index (χ3v) is 7.48. The van der Waals surface area contributed by atoms with Gasteiger partial charge in [-0.2, -0.15) is 26.3 Å². The van der Waals surface area contributed by atoms with Gasteiger partial charge in [0.15, 0.2) is 0 Å². The molecule has 1 fully saturated rings. The van der Waals surface area contributed by atoms with Crippen molar-refractivity contribution in [3.05, 3.63) is 59.7 Å². The van der Waals surface area contributed by atoms with Gasteiger partial charge < -0.3 is 0 Å². The minimum absolute atomic E-state index is 0.258. The SMILES string of the molecule is FC(F)C(F)(F)C(F)(F)C(F)(F)C1S[C@H]2c3ccccc3[C@@H]1C1C=CC=CC12. The molecule has 0 radical (unpaired) electrons. The summed E-state index contributed by atoms with van der Waals surface area (Å²) in [5, 5.41) is -2.91. The maximum atomic E-state index is 14.8. The van der Waals surface area contributed by atoms with Gasteiger partial charge in [-0.3, -0.25) is 0 Å². The zero-order chi connectivity index (χ0) is 20.5. The fourth-order valence-corrected chi connectivity index (χ4v) is 6.36. The van der Waals surface area contributed by atoms with Crippen LogP contribution in [0.5, 0.6) is 0 Å². The Hall–Kier alpha value is -1.51. The number of allylic oxidation sites excluding steroid dienone is 4. The average Bonchev–Trinajstić information content (AvgIpc) is 2.67. The lowest BCUT2D eigenvalue weighted by Gasteiger charge is -2.54. The second-order valence-corrected chi connectivity index (χ2v) is 8.47. The first-order chi connectivity index (χ1) is 13.0. The van der Waals surface area contributed by atoms with Crippen LogP contribution in [0.4, 0.5) is 35.1 Å². The first kappa shape index (κ1) is 19.8. The van der Waals surface area contributed by atoms with E-state index in [1.165, 1.54) is 6.07 Å². The van der Waals surface area contributed by atoms with Crippen LogP contribution < -0.4 is 0 Å². The number of fused-ring (bicyclic) bond motifs is 1.